The first-order valence-corrected chi connectivity index (χ1v) is 7.90. The molecule has 1 aromatic rings. The van der Waals surface area contributed by atoms with E-state index in [2.05, 4.69) is 0 Å². The fraction of sp³-hybridized carbons (Fsp3) is 0.444. The molecule has 5 heteroatoms. The summed E-state index contributed by atoms with van der Waals surface area (Å²) in [4.78, 5) is 0. The molecule has 0 heterocycles. The van der Waals surface area contributed by atoms with Gasteiger partial charge < -0.3 is 20.1 Å². The minimum Gasteiger partial charge on any atom is -0.506 e. The molecule has 0 aromatic heterocycles. The summed E-state index contributed by atoms with van der Waals surface area (Å²) >= 11 is 6.10. The number of aliphatic hydroxyl groups is 1. The van der Waals surface area contributed by atoms with Gasteiger partial charge in [0.05, 0.1) is 18.7 Å². The summed E-state index contributed by atoms with van der Waals surface area (Å²) in [6.07, 6.45) is 5.99. The van der Waals surface area contributed by atoms with Crippen LogP contribution < -0.4 is 4.74 Å². The first kappa shape index (κ1) is 19.4. The van der Waals surface area contributed by atoms with Gasteiger partial charge in [-0.2, -0.15) is 0 Å². The molecule has 0 aliphatic carbocycles. The second-order valence-electron chi connectivity index (χ2n) is 5.65. The number of ether oxygens (including phenoxy) is 1. The number of phenolic OH excluding ortho intramolecular Hbond substituents is 2. The monoisotopic (exact) mass is 340 g/mol. The zero-order valence-electron chi connectivity index (χ0n) is 14.1. The predicted octanol–water partition coefficient (Wildman–Crippen LogP) is 4.28. The lowest BCUT2D eigenvalue weighted by atomic mass is 10.0. The Morgan fingerprint density at radius 3 is 2.35 bits per heavy atom. The summed E-state index contributed by atoms with van der Waals surface area (Å²) in [7, 11) is 1.45. The van der Waals surface area contributed by atoms with Gasteiger partial charge in [0.1, 0.15) is 5.75 Å². The number of methoxy groups -OCH3 is 1. The van der Waals surface area contributed by atoms with Crippen LogP contribution >= 0.6 is 11.6 Å². The van der Waals surface area contributed by atoms with E-state index in [9.17, 15) is 10.2 Å². The van der Waals surface area contributed by atoms with Crippen molar-refractivity contribution in [1.29, 1.82) is 0 Å². The molecule has 0 aliphatic heterocycles. The highest BCUT2D eigenvalue weighted by Gasteiger charge is 2.20. The van der Waals surface area contributed by atoms with Gasteiger partial charge in [0, 0.05) is 11.1 Å². The average Bonchev–Trinajstić information content (AvgIpc) is 2.53. The van der Waals surface area contributed by atoms with E-state index in [-0.39, 0.29) is 28.9 Å². The van der Waals surface area contributed by atoms with Crippen LogP contribution in [-0.2, 0) is 6.42 Å². The van der Waals surface area contributed by atoms with Crippen LogP contribution in [0.4, 0.5) is 0 Å². The van der Waals surface area contributed by atoms with E-state index in [1.54, 1.807) is 6.92 Å². The molecule has 0 aliphatic rings. The molecule has 1 rings (SSSR count). The first-order valence-electron chi connectivity index (χ1n) is 7.52. The van der Waals surface area contributed by atoms with Crippen molar-refractivity contribution >= 4 is 11.6 Å². The Hall–Kier alpha value is -1.65. The minimum atomic E-state index is -0.109. The molecule has 128 valence electrons. The highest BCUT2D eigenvalue weighted by molar-refractivity contribution is 6.33. The number of halogens is 1. The third-order valence-electron chi connectivity index (χ3n) is 3.80. The van der Waals surface area contributed by atoms with Gasteiger partial charge in [-0.1, -0.05) is 34.9 Å². The fourth-order valence-electron chi connectivity index (χ4n) is 2.27. The topological polar surface area (TPSA) is 69.9 Å². The molecule has 0 amide bonds. The van der Waals surface area contributed by atoms with Crippen LogP contribution in [0, 0.1) is 6.92 Å². The second kappa shape index (κ2) is 8.85. The van der Waals surface area contributed by atoms with Gasteiger partial charge in [-0.05, 0) is 40.0 Å². The molecule has 0 saturated heterocycles. The Kier molecular flexibility index (Phi) is 7.46. The van der Waals surface area contributed by atoms with Crippen molar-refractivity contribution in [2.45, 2.75) is 40.0 Å². The van der Waals surface area contributed by atoms with Crippen LogP contribution in [0.5, 0.6) is 17.2 Å². The number of benzene rings is 1. The molecule has 0 spiro atoms. The Balaban J connectivity index is 2.93. The van der Waals surface area contributed by atoms with E-state index in [0.29, 0.717) is 17.5 Å². The molecular formula is C18H25ClO4. The lowest BCUT2D eigenvalue weighted by Crippen LogP contribution is -1.95. The SMILES string of the molecule is COc1c(C)c(Cl)c(O)c(C/C=C(\C)CC/C=C(\C)CO)c1O. The van der Waals surface area contributed by atoms with Gasteiger partial charge in [-0.15, -0.1) is 0 Å². The summed E-state index contributed by atoms with van der Waals surface area (Å²) < 4.78 is 5.16. The maximum atomic E-state index is 10.3. The Labute approximate surface area is 142 Å². The summed E-state index contributed by atoms with van der Waals surface area (Å²) in [5.74, 6) is 0.102. The zero-order valence-corrected chi connectivity index (χ0v) is 14.9. The van der Waals surface area contributed by atoms with Crippen molar-refractivity contribution in [2.75, 3.05) is 13.7 Å². The Morgan fingerprint density at radius 1 is 1.13 bits per heavy atom. The molecule has 3 N–H and O–H groups in total. The number of hydrogen-bond acceptors (Lipinski definition) is 4. The molecule has 0 atom stereocenters. The lowest BCUT2D eigenvalue weighted by molar-refractivity contribution is 0.331. The number of allylic oxidation sites excluding steroid dienone is 3. The highest BCUT2D eigenvalue weighted by atomic mass is 35.5. The number of hydrogen-bond donors (Lipinski definition) is 3. The van der Waals surface area contributed by atoms with Crippen LogP contribution in [0.15, 0.2) is 23.3 Å². The average molecular weight is 341 g/mol. The van der Waals surface area contributed by atoms with E-state index in [0.717, 1.165) is 24.0 Å². The van der Waals surface area contributed by atoms with Crippen molar-refractivity contribution in [3.8, 4) is 17.2 Å². The van der Waals surface area contributed by atoms with E-state index < -0.39 is 0 Å². The summed E-state index contributed by atoms with van der Waals surface area (Å²) in [6, 6.07) is 0. The molecule has 0 saturated carbocycles. The van der Waals surface area contributed by atoms with Gasteiger partial charge >= 0.3 is 0 Å². The quantitative estimate of drug-likeness (QED) is 0.648. The number of rotatable bonds is 7. The van der Waals surface area contributed by atoms with E-state index in [1.165, 1.54) is 7.11 Å². The summed E-state index contributed by atoms with van der Waals surface area (Å²) in [6.45, 7) is 5.63. The smallest absolute Gasteiger partial charge is 0.165 e. The predicted molar refractivity (Wildman–Crippen MR) is 93.6 cm³/mol. The van der Waals surface area contributed by atoms with Gasteiger partial charge in [0.25, 0.3) is 0 Å². The van der Waals surface area contributed by atoms with E-state index in [4.69, 9.17) is 21.4 Å². The number of phenols is 2. The lowest BCUT2D eigenvalue weighted by Gasteiger charge is -2.15. The molecule has 4 nitrogen and oxygen atoms in total. The van der Waals surface area contributed by atoms with Crippen LogP contribution in [-0.4, -0.2) is 29.0 Å². The first-order chi connectivity index (χ1) is 10.8. The maximum absolute atomic E-state index is 10.3. The van der Waals surface area contributed by atoms with E-state index in [1.807, 2.05) is 26.0 Å². The summed E-state index contributed by atoms with van der Waals surface area (Å²) in [5, 5.41) is 29.6. The molecule has 0 radical (unpaired) electrons. The third kappa shape index (κ3) is 4.91. The Morgan fingerprint density at radius 2 is 1.78 bits per heavy atom. The molecule has 23 heavy (non-hydrogen) atoms. The molecule has 1 aromatic carbocycles. The molecule has 0 fully saturated rings. The Bertz CT molecular complexity index is 618. The van der Waals surface area contributed by atoms with Crippen LogP contribution in [0.1, 0.15) is 37.8 Å². The molecule has 0 unspecified atom stereocenters. The van der Waals surface area contributed by atoms with Gasteiger partial charge in [-0.3, -0.25) is 0 Å². The second-order valence-corrected chi connectivity index (χ2v) is 6.03. The van der Waals surface area contributed by atoms with Crippen LogP contribution in [0.2, 0.25) is 5.02 Å². The van der Waals surface area contributed by atoms with Crippen molar-refractivity contribution in [3.05, 3.63) is 39.4 Å². The fourth-order valence-corrected chi connectivity index (χ4v) is 2.47. The van der Waals surface area contributed by atoms with Crippen LogP contribution in [0.25, 0.3) is 0 Å². The normalized spacial score (nSPS) is 12.6. The standard InChI is InChI=1S/C18H25ClO4/c1-11(6-5-7-12(2)10-20)8-9-14-16(21)15(19)13(3)18(23-4)17(14)22/h7-8,20-22H,5-6,9-10H2,1-4H3/b11-8+,12-7+. The highest BCUT2D eigenvalue weighted by Crippen LogP contribution is 2.45. The molecule has 0 bridgehead atoms. The summed E-state index contributed by atoms with van der Waals surface area (Å²) in [5.41, 5.74) is 2.95. The molecular weight excluding hydrogens is 316 g/mol. The van der Waals surface area contributed by atoms with Gasteiger partial charge in [0.2, 0.25) is 0 Å². The zero-order chi connectivity index (χ0) is 17.6. The van der Waals surface area contributed by atoms with Crippen LogP contribution in [0.3, 0.4) is 0 Å². The largest absolute Gasteiger partial charge is 0.506 e. The number of aromatic hydroxyl groups is 2. The van der Waals surface area contributed by atoms with Crippen molar-refractivity contribution in [3.63, 3.8) is 0 Å². The number of aliphatic hydroxyl groups excluding tert-OH is 1. The van der Waals surface area contributed by atoms with E-state index >= 15 is 0 Å². The van der Waals surface area contributed by atoms with Crippen molar-refractivity contribution < 1.29 is 20.1 Å². The van der Waals surface area contributed by atoms with Gasteiger partial charge in [0.15, 0.2) is 11.5 Å². The minimum absolute atomic E-state index is 0.0756. The maximum Gasteiger partial charge on any atom is 0.165 e. The van der Waals surface area contributed by atoms with Gasteiger partial charge in [-0.25, -0.2) is 0 Å². The third-order valence-corrected chi connectivity index (χ3v) is 4.27. The van der Waals surface area contributed by atoms with Crippen molar-refractivity contribution in [1.82, 2.24) is 0 Å². The van der Waals surface area contributed by atoms with Crippen molar-refractivity contribution in [2.24, 2.45) is 0 Å².